The second kappa shape index (κ2) is 4.96. The van der Waals surface area contributed by atoms with Crippen LogP contribution in [0.4, 0.5) is 5.69 Å². The molecular formula is C14H22N2O. The lowest BCUT2D eigenvalue weighted by molar-refractivity contribution is 0.317. The fraction of sp³-hybridized carbons (Fsp3) is 0.571. The van der Waals surface area contributed by atoms with Crippen molar-refractivity contribution in [1.29, 1.82) is 0 Å². The van der Waals surface area contributed by atoms with E-state index >= 15 is 0 Å². The zero-order chi connectivity index (χ0) is 12.3. The van der Waals surface area contributed by atoms with Crippen LogP contribution < -0.4 is 15.4 Å². The topological polar surface area (TPSA) is 33.3 Å². The standard InChI is InChI=1S/C14H22N2O/c1-14(2,3)10-15-9-11-5-4-6-12-13(11)17-8-7-16-12/h4-6,15-16H,7-10H2,1-3H3. The Bertz CT molecular complexity index is 382. The lowest BCUT2D eigenvalue weighted by Crippen LogP contribution is -2.27. The van der Waals surface area contributed by atoms with Gasteiger partial charge >= 0.3 is 0 Å². The molecule has 3 nitrogen and oxygen atoms in total. The molecule has 0 aromatic heterocycles. The van der Waals surface area contributed by atoms with Gasteiger partial charge in [-0.1, -0.05) is 32.9 Å². The van der Waals surface area contributed by atoms with Crippen LogP contribution in [0.15, 0.2) is 18.2 Å². The van der Waals surface area contributed by atoms with Gasteiger partial charge in [0.15, 0.2) is 0 Å². The molecule has 1 heterocycles. The minimum absolute atomic E-state index is 0.313. The van der Waals surface area contributed by atoms with Crippen molar-refractivity contribution in [3.8, 4) is 5.75 Å². The molecule has 2 N–H and O–H groups in total. The van der Waals surface area contributed by atoms with Crippen molar-refractivity contribution >= 4 is 5.69 Å². The highest BCUT2D eigenvalue weighted by atomic mass is 16.5. The summed E-state index contributed by atoms with van der Waals surface area (Å²) in [6.45, 7) is 10.2. The summed E-state index contributed by atoms with van der Waals surface area (Å²) in [6, 6.07) is 6.28. The van der Waals surface area contributed by atoms with E-state index in [2.05, 4.69) is 49.6 Å². The molecule has 0 saturated heterocycles. The van der Waals surface area contributed by atoms with Crippen molar-refractivity contribution in [3.63, 3.8) is 0 Å². The fourth-order valence-corrected chi connectivity index (χ4v) is 1.94. The molecule has 0 amide bonds. The van der Waals surface area contributed by atoms with Crippen molar-refractivity contribution in [2.45, 2.75) is 27.3 Å². The Kier molecular flexibility index (Phi) is 3.57. The molecule has 0 radical (unpaired) electrons. The lowest BCUT2D eigenvalue weighted by Gasteiger charge is -2.23. The first-order valence-corrected chi connectivity index (χ1v) is 6.25. The molecule has 0 fully saturated rings. The normalized spacial score (nSPS) is 14.8. The number of anilines is 1. The van der Waals surface area contributed by atoms with Crippen molar-refractivity contribution in [3.05, 3.63) is 23.8 Å². The third kappa shape index (κ3) is 3.37. The van der Waals surface area contributed by atoms with Gasteiger partial charge in [0.25, 0.3) is 0 Å². The van der Waals surface area contributed by atoms with Gasteiger partial charge in [0.2, 0.25) is 0 Å². The van der Waals surface area contributed by atoms with Crippen LogP contribution in [-0.4, -0.2) is 19.7 Å². The number of rotatable bonds is 3. The molecule has 1 aromatic carbocycles. The van der Waals surface area contributed by atoms with E-state index in [-0.39, 0.29) is 0 Å². The van der Waals surface area contributed by atoms with Crippen molar-refractivity contribution in [1.82, 2.24) is 5.32 Å². The summed E-state index contributed by atoms with van der Waals surface area (Å²) in [5, 5.41) is 6.84. The lowest BCUT2D eigenvalue weighted by atomic mass is 9.97. The first kappa shape index (κ1) is 12.2. The van der Waals surface area contributed by atoms with Crippen LogP contribution in [-0.2, 0) is 6.54 Å². The van der Waals surface area contributed by atoms with Crippen LogP contribution in [0.25, 0.3) is 0 Å². The predicted octanol–water partition coefficient (Wildman–Crippen LogP) is 2.63. The summed E-state index contributed by atoms with van der Waals surface area (Å²) >= 11 is 0. The highest BCUT2D eigenvalue weighted by Crippen LogP contribution is 2.31. The second-order valence-electron chi connectivity index (χ2n) is 5.73. The summed E-state index contributed by atoms with van der Waals surface area (Å²) in [7, 11) is 0. The molecular weight excluding hydrogens is 212 g/mol. The summed E-state index contributed by atoms with van der Waals surface area (Å²) in [5.74, 6) is 1.01. The monoisotopic (exact) mass is 234 g/mol. The molecule has 0 saturated carbocycles. The van der Waals surface area contributed by atoms with Crippen LogP contribution in [0.5, 0.6) is 5.75 Å². The zero-order valence-electron chi connectivity index (χ0n) is 11.0. The van der Waals surface area contributed by atoms with Crippen molar-refractivity contribution in [2.24, 2.45) is 5.41 Å². The van der Waals surface area contributed by atoms with Crippen LogP contribution in [0, 0.1) is 5.41 Å². The van der Waals surface area contributed by atoms with Crippen LogP contribution >= 0.6 is 0 Å². The van der Waals surface area contributed by atoms with E-state index in [4.69, 9.17) is 4.74 Å². The van der Waals surface area contributed by atoms with Gasteiger partial charge in [-0.3, -0.25) is 0 Å². The third-order valence-corrected chi connectivity index (χ3v) is 2.73. The third-order valence-electron chi connectivity index (χ3n) is 2.73. The quantitative estimate of drug-likeness (QED) is 0.843. The summed E-state index contributed by atoms with van der Waals surface area (Å²) in [4.78, 5) is 0. The van der Waals surface area contributed by atoms with Gasteiger partial charge < -0.3 is 15.4 Å². The SMILES string of the molecule is CC(C)(C)CNCc1cccc2c1OCCN2. The Morgan fingerprint density at radius 3 is 2.94 bits per heavy atom. The van der Waals surface area contributed by atoms with Gasteiger partial charge in [-0.05, 0) is 11.5 Å². The Morgan fingerprint density at radius 1 is 1.35 bits per heavy atom. The molecule has 0 atom stereocenters. The van der Waals surface area contributed by atoms with Gasteiger partial charge in [-0.2, -0.15) is 0 Å². The first-order chi connectivity index (χ1) is 8.06. The summed E-state index contributed by atoms with van der Waals surface area (Å²) < 4.78 is 5.73. The number of hydrogen-bond donors (Lipinski definition) is 2. The minimum atomic E-state index is 0.313. The Hall–Kier alpha value is -1.22. The van der Waals surface area contributed by atoms with Gasteiger partial charge in [-0.15, -0.1) is 0 Å². The fourth-order valence-electron chi connectivity index (χ4n) is 1.94. The van der Waals surface area contributed by atoms with Crippen molar-refractivity contribution < 1.29 is 4.74 Å². The highest BCUT2D eigenvalue weighted by Gasteiger charge is 2.14. The molecule has 94 valence electrons. The number of para-hydroxylation sites is 1. The second-order valence-corrected chi connectivity index (χ2v) is 5.73. The van der Waals surface area contributed by atoms with E-state index in [1.807, 2.05) is 0 Å². The molecule has 0 bridgehead atoms. The first-order valence-electron chi connectivity index (χ1n) is 6.25. The van der Waals surface area contributed by atoms with E-state index in [1.54, 1.807) is 0 Å². The minimum Gasteiger partial charge on any atom is -0.489 e. The molecule has 0 aliphatic carbocycles. The van der Waals surface area contributed by atoms with Gasteiger partial charge in [-0.25, -0.2) is 0 Å². The maximum Gasteiger partial charge on any atom is 0.146 e. The molecule has 17 heavy (non-hydrogen) atoms. The van der Waals surface area contributed by atoms with E-state index in [0.29, 0.717) is 5.41 Å². The van der Waals surface area contributed by atoms with Gasteiger partial charge in [0, 0.05) is 25.2 Å². The average molecular weight is 234 g/mol. The molecule has 0 spiro atoms. The Labute approximate surface area is 104 Å². The molecule has 2 rings (SSSR count). The largest absolute Gasteiger partial charge is 0.489 e. The maximum atomic E-state index is 5.73. The van der Waals surface area contributed by atoms with E-state index in [0.717, 1.165) is 37.7 Å². The zero-order valence-corrected chi connectivity index (χ0v) is 11.0. The predicted molar refractivity (Wildman–Crippen MR) is 71.6 cm³/mol. The van der Waals surface area contributed by atoms with E-state index in [1.165, 1.54) is 5.56 Å². The smallest absolute Gasteiger partial charge is 0.146 e. The Balaban J connectivity index is 2.01. The number of ether oxygens (including phenoxy) is 1. The molecule has 3 heteroatoms. The van der Waals surface area contributed by atoms with Crippen molar-refractivity contribution in [2.75, 3.05) is 25.0 Å². The molecule has 1 aliphatic rings. The van der Waals surface area contributed by atoms with E-state index < -0.39 is 0 Å². The summed E-state index contributed by atoms with van der Waals surface area (Å²) in [6.07, 6.45) is 0. The number of fused-ring (bicyclic) bond motifs is 1. The molecule has 0 unspecified atom stereocenters. The molecule has 1 aromatic rings. The highest BCUT2D eigenvalue weighted by molar-refractivity contribution is 5.61. The molecule has 1 aliphatic heterocycles. The van der Waals surface area contributed by atoms with Crippen LogP contribution in [0.3, 0.4) is 0 Å². The number of hydrogen-bond acceptors (Lipinski definition) is 3. The van der Waals surface area contributed by atoms with Crippen LogP contribution in [0.2, 0.25) is 0 Å². The average Bonchev–Trinajstić information content (AvgIpc) is 2.28. The van der Waals surface area contributed by atoms with Gasteiger partial charge in [0.1, 0.15) is 12.4 Å². The maximum absolute atomic E-state index is 5.73. The number of benzene rings is 1. The summed E-state index contributed by atoms with van der Waals surface area (Å²) in [5.41, 5.74) is 2.67. The van der Waals surface area contributed by atoms with Gasteiger partial charge in [0.05, 0.1) is 5.69 Å². The van der Waals surface area contributed by atoms with E-state index in [9.17, 15) is 0 Å². The Morgan fingerprint density at radius 2 is 2.18 bits per heavy atom. The number of nitrogens with one attached hydrogen (secondary N) is 2. The van der Waals surface area contributed by atoms with Crippen LogP contribution in [0.1, 0.15) is 26.3 Å².